The number of urea groups is 1. The number of halogens is 2. The van der Waals surface area contributed by atoms with Gasteiger partial charge in [0.05, 0.1) is 13.2 Å². The first kappa shape index (κ1) is 18.6. The van der Waals surface area contributed by atoms with Crippen molar-refractivity contribution < 1.29 is 23.1 Å². The SMILES string of the molecule is COc1cc(F)c(C2CC(=O)NC[C@H]2NC(=O)Nc2ccncc2)c(F)c1. The van der Waals surface area contributed by atoms with Crippen molar-refractivity contribution in [1.29, 1.82) is 0 Å². The van der Waals surface area contributed by atoms with E-state index in [0.717, 1.165) is 12.1 Å². The molecule has 2 heterocycles. The Morgan fingerprint density at radius 3 is 2.56 bits per heavy atom. The second-order valence-electron chi connectivity index (χ2n) is 6.06. The predicted molar refractivity (Wildman–Crippen MR) is 93.5 cm³/mol. The first-order valence-electron chi connectivity index (χ1n) is 8.25. The van der Waals surface area contributed by atoms with E-state index in [2.05, 4.69) is 20.9 Å². The highest BCUT2D eigenvalue weighted by atomic mass is 19.1. The van der Waals surface area contributed by atoms with Crippen LogP contribution in [0.5, 0.6) is 5.75 Å². The van der Waals surface area contributed by atoms with Crippen molar-refractivity contribution in [1.82, 2.24) is 15.6 Å². The summed E-state index contributed by atoms with van der Waals surface area (Å²) in [4.78, 5) is 27.9. The third kappa shape index (κ3) is 4.30. The maximum absolute atomic E-state index is 14.5. The minimum absolute atomic E-state index is 0.0361. The van der Waals surface area contributed by atoms with Gasteiger partial charge in [0.15, 0.2) is 0 Å². The molecular weight excluding hydrogens is 358 g/mol. The number of carbonyl (C=O) groups is 2. The van der Waals surface area contributed by atoms with Gasteiger partial charge in [-0.3, -0.25) is 9.78 Å². The molecule has 142 valence electrons. The number of benzene rings is 1. The van der Waals surface area contributed by atoms with Crippen molar-refractivity contribution in [3.63, 3.8) is 0 Å². The Hall–Kier alpha value is -3.23. The fourth-order valence-electron chi connectivity index (χ4n) is 3.04. The van der Waals surface area contributed by atoms with Crippen LogP contribution in [0.2, 0.25) is 0 Å². The quantitative estimate of drug-likeness (QED) is 0.763. The molecule has 3 N–H and O–H groups in total. The summed E-state index contributed by atoms with van der Waals surface area (Å²) in [7, 11) is 1.30. The molecule has 27 heavy (non-hydrogen) atoms. The summed E-state index contributed by atoms with van der Waals surface area (Å²) in [5.74, 6) is -2.82. The Bertz CT molecular complexity index is 825. The lowest BCUT2D eigenvalue weighted by atomic mass is 9.85. The topological polar surface area (TPSA) is 92.4 Å². The van der Waals surface area contributed by atoms with E-state index >= 15 is 0 Å². The second kappa shape index (κ2) is 7.98. The summed E-state index contributed by atoms with van der Waals surface area (Å²) in [5, 5.41) is 7.88. The molecule has 0 spiro atoms. The number of nitrogens with zero attached hydrogens (tertiary/aromatic N) is 1. The number of hydrogen-bond acceptors (Lipinski definition) is 4. The average molecular weight is 376 g/mol. The summed E-state index contributed by atoms with van der Waals surface area (Å²) < 4.78 is 33.8. The molecule has 0 radical (unpaired) electrons. The second-order valence-corrected chi connectivity index (χ2v) is 6.06. The van der Waals surface area contributed by atoms with Crippen LogP contribution in [0.4, 0.5) is 19.3 Å². The standard InChI is InChI=1S/C18H18F2N4O3/c1-27-11-6-13(19)17(14(20)7-11)12-8-16(25)22-9-15(12)24-18(26)23-10-2-4-21-5-3-10/h2-7,12,15H,8-9H2,1H3,(H,22,25)(H2,21,23,24,26)/t12?,15-/m1/s1. The van der Waals surface area contributed by atoms with E-state index in [0.29, 0.717) is 5.69 Å². The zero-order chi connectivity index (χ0) is 19.4. The van der Waals surface area contributed by atoms with Crippen molar-refractivity contribution in [3.8, 4) is 5.75 Å². The van der Waals surface area contributed by atoms with Gasteiger partial charge in [-0.25, -0.2) is 13.6 Å². The van der Waals surface area contributed by atoms with Gasteiger partial charge < -0.3 is 20.7 Å². The molecule has 0 saturated carbocycles. The van der Waals surface area contributed by atoms with Gasteiger partial charge >= 0.3 is 6.03 Å². The van der Waals surface area contributed by atoms with Crippen molar-refractivity contribution in [2.24, 2.45) is 0 Å². The number of rotatable bonds is 4. The van der Waals surface area contributed by atoms with Crippen LogP contribution in [-0.2, 0) is 4.79 Å². The molecule has 1 fully saturated rings. The molecule has 1 aromatic carbocycles. The molecule has 0 bridgehead atoms. The smallest absolute Gasteiger partial charge is 0.319 e. The summed E-state index contributed by atoms with van der Waals surface area (Å²) in [5.41, 5.74) is 0.264. The molecule has 1 saturated heterocycles. The molecule has 1 aliphatic rings. The number of aromatic nitrogens is 1. The maximum Gasteiger partial charge on any atom is 0.319 e. The first-order chi connectivity index (χ1) is 13.0. The fourth-order valence-corrected chi connectivity index (χ4v) is 3.04. The molecule has 2 atom stereocenters. The number of ether oxygens (including phenoxy) is 1. The molecule has 9 heteroatoms. The Morgan fingerprint density at radius 2 is 1.93 bits per heavy atom. The molecule has 1 aromatic heterocycles. The van der Waals surface area contributed by atoms with Crippen molar-refractivity contribution in [2.75, 3.05) is 19.0 Å². The fraction of sp³-hybridized carbons (Fsp3) is 0.278. The number of nitrogens with one attached hydrogen (secondary N) is 3. The highest BCUT2D eigenvalue weighted by Crippen LogP contribution is 2.33. The van der Waals surface area contributed by atoms with Gasteiger partial charge in [-0.15, -0.1) is 0 Å². The summed E-state index contributed by atoms with van der Waals surface area (Å²) in [6.45, 7) is 0.0537. The van der Waals surface area contributed by atoms with Crippen LogP contribution in [0.25, 0.3) is 0 Å². The summed E-state index contributed by atoms with van der Waals surface area (Å²) in [6.07, 6.45) is 2.88. The third-order valence-electron chi connectivity index (χ3n) is 4.32. The van der Waals surface area contributed by atoms with Gasteiger partial charge in [0.2, 0.25) is 5.91 Å². The van der Waals surface area contributed by atoms with E-state index in [1.165, 1.54) is 19.5 Å². The van der Waals surface area contributed by atoms with Gasteiger partial charge in [0, 0.05) is 54.7 Å². The number of piperidine rings is 1. The number of amides is 3. The average Bonchev–Trinajstić information content (AvgIpc) is 2.64. The van der Waals surface area contributed by atoms with Gasteiger partial charge in [-0.1, -0.05) is 0 Å². The summed E-state index contributed by atoms with van der Waals surface area (Å²) in [6, 6.07) is 4.06. The lowest BCUT2D eigenvalue weighted by Gasteiger charge is -2.33. The normalized spacial score (nSPS) is 19.1. The van der Waals surface area contributed by atoms with E-state index in [4.69, 9.17) is 4.74 Å². The Kier molecular flexibility index (Phi) is 5.49. The molecule has 3 rings (SSSR count). The number of methoxy groups -OCH3 is 1. The van der Waals surface area contributed by atoms with E-state index < -0.39 is 29.6 Å². The van der Waals surface area contributed by atoms with Gasteiger partial charge in [0.25, 0.3) is 0 Å². The van der Waals surface area contributed by atoms with Crippen LogP contribution in [0.15, 0.2) is 36.7 Å². The first-order valence-corrected chi connectivity index (χ1v) is 8.25. The lowest BCUT2D eigenvalue weighted by Crippen LogP contribution is -2.53. The minimum atomic E-state index is -0.854. The monoisotopic (exact) mass is 376 g/mol. The predicted octanol–water partition coefficient (Wildman–Crippen LogP) is 2.16. The minimum Gasteiger partial charge on any atom is -0.497 e. The lowest BCUT2D eigenvalue weighted by molar-refractivity contribution is -0.123. The van der Waals surface area contributed by atoms with Crippen LogP contribution in [0.1, 0.15) is 17.9 Å². The Morgan fingerprint density at radius 1 is 1.26 bits per heavy atom. The zero-order valence-electron chi connectivity index (χ0n) is 14.5. The van der Waals surface area contributed by atoms with Crippen LogP contribution in [0.3, 0.4) is 0 Å². The molecule has 2 aromatic rings. The molecule has 7 nitrogen and oxygen atoms in total. The zero-order valence-corrected chi connectivity index (χ0v) is 14.5. The Labute approximate surface area is 154 Å². The molecular formula is C18H18F2N4O3. The third-order valence-corrected chi connectivity index (χ3v) is 4.32. The van der Waals surface area contributed by atoms with E-state index in [1.807, 2.05) is 0 Å². The van der Waals surface area contributed by atoms with Crippen LogP contribution in [-0.4, -0.2) is 36.6 Å². The molecule has 3 amide bonds. The van der Waals surface area contributed by atoms with Gasteiger partial charge in [-0.2, -0.15) is 0 Å². The molecule has 1 unspecified atom stereocenters. The van der Waals surface area contributed by atoms with Gasteiger partial charge in [-0.05, 0) is 12.1 Å². The summed E-state index contributed by atoms with van der Waals surface area (Å²) >= 11 is 0. The molecule has 0 aliphatic carbocycles. The van der Waals surface area contributed by atoms with E-state index in [-0.39, 0.29) is 30.2 Å². The van der Waals surface area contributed by atoms with Crippen LogP contribution >= 0.6 is 0 Å². The van der Waals surface area contributed by atoms with E-state index in [1.54, 1.807) is 12.1 Å². The van der Waals surface area contributed by atoms with Gasteiger partial charge in [0.1, 0.15) is 17.4 Å². The van der Waals surface area contributed by atoms with Crippen LogP contribution < -0.4 is 20.7 Å². The van der Waals surface area contributed by atoms with Crippen LogP contribution in [0, 0.1) is 11.6 Å². The van der Waals surface area contributed by atoms with Crippen molar-refractivity contribution in [2.45, 2.75) is 18.4 Å². The highest BCUT2D eigenvalue weighted by molar-refractivity contribution is 5.89. The molecule has 1 aliphatic heterocycles. The number of carbonyl (C=O) groups excluding carboxylic acids is 2. The van der Waals surface area contributed by atoms with Crippen molar-refractivity contribution in [3.05, 3.63) is 53.9 Å². The number of hydrogen-bond donors (Lipinski definition) is 3. The highest BCUT2D eigenvalue weighted by Gasteiger charge is 2.35. The van der Waals surface area contributed by atoms with E-state index in [9.17, 15) is 18.4 Å². The number of anilines is 1. The largest absolute Gasteiger partial charge is 0.497 e. The van der Waals surface area contributed by atoms with Crippen molar-refractivity contribution >= 4 is 17.6 Å². The number of pyridine rings is 1. The Balaban J connectivity index is 1.81. The maximum atomic E-state index is 14.5.